The topological polar surface area (TPSA) is 86.3 Å². The third-order valence-electron chi connectivity index (χ3n) is 1.66. The van der Waals surface area contributed by atoms with Crippen LogP contribution >= 0.6 is 23.2 Å². The number of halogens is 2. The van der Waals surface area contributed by atoms with Crippen LogP contribution in [0, 0.1) is 20.2 Å². The first-order chi connectivity index (χ1) is 6.38. The van der Waals surface area contributed by atoms with Crippen molar-refractivity contribution in [1.29, 1.82) is 0 Å². The zero-order valence-corrected chi connectivity index (χ0v) is 8.10. The van der Waals surface area contributed by atoms with Crippen molar-refractivity contribution in [1.82, 2.24) is 0 Å². The zero-order valence-electron chi connectivity index (χ0n) is 6.59. The molecule has 0 bridgehead atoms. The lowest BCUT2D eigenvalue weighted by Gasteiger charge is -2.19. The predicted octanol–water partition coefficient (Wildman–Crippen LogP) is 1.54. The van der Waals surface area contributed by atoms with Crippen molar-refractivity contribution in [3.8, 4) is 0 Å². The molecule has 0 aromatic carbocycles. The molecule has 0 heterocycles. The molecule has 1 rings (SSSR count). The Hall–Kier alpha value is -1.14. The molecule has 76 valence electrons. The molecular weight excluding hydrogens is 235 g/mol. The zero-order chi connectivity index (χ0) is 10.9. The van der Waals surface area contributed by atoms with Gasteiger partial charge in [0.2, 0.25) is 0 Å². The van der Waals surface area contributed by atoms with E-state index < -0.39 is 25.9 Å². The van der Waals surface area contributed by atoms with Gasteiger partial charge in [-0.3, -0.25) is 20.2 Å². The lowest BCUT2D eigenvalue weighted by atomic mass is 10.1. The average molecular weight is 239 g/mol. The molecule has 0 N–H and O–H groups in total. The van der Waals surface area contributed by atoms with Gasteiger partial charge in [-0.15, -0.1) is 11.6 Å². The Morgan fingerprint density at radius 1 is 1.43 bits per heavy atom. The molecule has 0 fully saturated rings. The molecule has 0 aliphatic heterocycles. The Morgan fingerprint density at radius 3 is 2.43 bits per heavy atom. The summed E-state index contributed by atoms with van der Waals surface area (Å²) in [6, 6.07) is 0. The number of allylic oxidation sites excluding steroid dienone is 1. The van der Waals surface area contributed by atoms with Gasteiger partial charge in [0.25, 0.3) is 5.70 Å². The summed E-state index contributed by atoms with van der Waals surface area (Å²) in [4.78, 5) is 17.1. The normalized spacial score (nSPS) is 31.0. The van der Waals surface area contributed by atoms with E-state index in [2.05, 4.69) is 0 Å². The molecule has 14 heavy (non-hydrogen) atoms. The van der Waals surface area contributed by atoms with Crippen molar-refractivity contribution in [3.05, 3.63) is 44.2 Å². The quantitative estimate of drug-likeness (QED) is 0.316. The molecule has 1 aliphatic carbocycles. The van der Waals surface area contributed by atoms with Crippen LogP contribution in [-0.4, -0.2) is 20.2 Å². The van der Waals surface area contributed by atoms with Gasteiger partial charge in [-0.1, -0.05) is 6.08 Å². The first-order valence-corrected chi connectivity index (χ1v) is 4.22. The first-order valence-electron chi connectivity index (χ1n) is 3.41. The van der Waals surface area contributed by atoms with Gasteiger partial charge in [0.1, 0.15) is 5.38 Å². The van der Waals surface area contributed by atoms with Gasteiger partial charge in [-0.05, 0) is 11.6 Å². The van der Waals surface area contributed by atoms with Gasteiger partial charge in [-0.2, -0.15) is 0 Å². The highest BCUT2D eigenvalue weighted by Gasteiger charge is 2.49. The van der Waals surface area contributed by atoms with Crippen molar-refractivity contribution in [2.24, 2.45) is 0 Å². The predicted molar refractivity (Wildman–Crippen MR) is 49.4 cm³/mol. The lowest BCUT2D eigenvalue weighted by Crippen LogP contribution is -2.40. The number of alkyl halides is 2. The summed E-state index contributed by atoms with van der Waals surface area (Å²) in [6.07, 6.45) is 2.93. The fraction of sp³-hybridized carbons (Fsp3) is 0.333. The summed E-state index contributed by atoms with van der Waals surface area (Å²) in [5.41, 5.74) is -0.436. The Labute approximate surface area is 88.1 Å². The van der Waals surface area contributed by atoms with Crippen LogP contribution < -0.4 is 0 Å². The molecule has 6 nitrogen and oxygen atoms in total. The van der Waals surface area contributed by atoms with Gasteiger partial charge in [0.15, 0.2) is 0 Å². The minimum Gasteiger partial charge on any atom is -0.262 e. The largest absolute Gasteiger partial charge is 0.340 e. The van der Waals surface area contributed by atoms with Crippen molar-refractivity contribution in [2.45, 2.75) is 10.4 Å². The number of rotatable bonds is 2. The fourth-order valence-corrected chi connectivity index (χ4v) is 1.32. The van der Waals surface area contributed by atoms with Crippen LogP contribution in [0.4, 0.5) is 0 Å². The molecule has 2 unspecified atom stereocenters. The minimum atomic E-state index is -2.14. The van der Waals surface area contributed by atoms with Crippen molar-refractivity contribution >= 4 is 23.2 Å². The van der Waals surface area contributed by atoms with E-state index in [0.29, 0.717) is 0 Å². The summed E-state index contributed by atoms with van der Waals surface area (Å²) < 4.78 is 0. The van der Waals surface area contributed by atoms with Gasteiger partial charge in [0.05, 0.1) is 11.0 Å². The maximum Gasteiger partial charge on any atom is 0.340 e. The summed E-state index contributed by atoms with van der Waals surface area (Å²) >= 11 is 11.1. The highest BCUT2D eigenvalue weighted by atomic mass is 35.5. The van der Waals surface area contributed by atoms with Gasteiger partial charge in [-0.25, -0.2) is 0 Å². The van der Waals surface area contributed by atoms with Crippen LogP contribution in [0.3, 0.4) is 0 Å². The number of nitrogens with zero attached hydrogens (tertiary/aromatic N) is 2. The lowest BCUT2D eigenvalue weighted by molar-refractivity contribution is -0.528. The first kappa shape index (κ1) is 10.9. The third kappa shape index (κ3) is 1.71. The second-order valence-electron chi connectivity index (χ2n) is 2.57. The number of nitro groups is 2. The van der Waals surface area contributed by atoms with Crippen LogP contribution in [-0.2, 0) is 0 Å². The van der Waals surface area contributed by atoms with E-state index in [1.54, 1.807) is 0 Å². The van der Waals surface area contributed by atoms with E-state index in [1.807, 2.05) is 0 Å². The molecule has 0 amide bonds. The molecular formula is C6H4Cl2N2O4. The molecule has 2 atom stereocenters. The van der Waals surface area contributed by atoms with Crippen LogP contribution in [0.2, 0.25) is 0 Å². The van der Waals surface area contributed by atoms with Crippen LogP contribution in [0.5, 0.6) is 0 Å². The monoisotopic (exact) mass is 238 g/mol. The Kier molecular flexibility index (Phi) is 2.77. The second kappa shape index (κ2) is 3.55. The molecule has 0 saturated carbocycles. The minimum absolute atomic E-state index is 0.436. The van der Waals surface area contributed by atoms with Crippen LogP contribution in [0.1, 0.15) is 0 Å². The number of hydrogen-bond acceptors (Lipinski definition) is 4. The van der Waals surface area contributed by atoms with Gasteiger partial charge in [0, 0.05) is 11.0 Å². The van der Waals surface area contributed by atoms with Gasteiger partial charge >= 0.3 is 5.00 Å². The maximum absolute atomic E-state index is 10.5. The third-order valence-corrected chi connectivity index (χ3v) is 2.74. The maximum atomic E-state index is 10.5. The molecule has 0 aromatic heterocycles. The van der Waals surface area contributed by atoms with E-state index in [4.69, 9.17) is 23.2 Å². The Morgan fingerprint density at radius 2 is 2.00 bits per heavy atom. The Bertz CT molecular complexity index is 354. The highest BCUT2D eigenvalue weighted by Crippen LogP contribution is 2.32. The molecule has 0 aromatic rings. The smallest absolute Gasteiger partial charge is 0.262 e. The second-order valence-corrected chi connectivity index (χ2v) is 3.65. The van der Waals surface area contributed by atoms with E-state index in [-0.39, 0.29) is 0 Å². The van der Waals surface area contributed by atoms with E-state index in [9.17, 15) is 20.2 Å². The van der Waals surface area contributed by atoms with Crippen molar-refractivity contribution < 1.29 is 9.85 Å². The molecule has 1 aliphatic rings. The van der Waals surface area contributed by atoms with E-state index in [1.165, 1.54) is 0 Å². The van der Waals surface area contributed by atoms with Gasteiger partial charge < -0.3 is 0 Å². The summed E-state index contributed by atoms with van der Waals surface area (Å²) in [5.74, 6) is 0. The van der Waals surface area contributed by atoms with Crippen molar-refractivity contribution in [2.75, 3.05) is 0 Å². The molecule has 0 saturated heterocycles. The van der Waals surface area contributed by atoms with E-state index in [0.717, 1.165) is 18.2 Å². The van der Waals surface area contributed by atoms with Crippen LogP contribution in [0.25, 0.3) is 0 Å². The molecule has 0 spiro atoms. The molecule has 8 heteroatoms. The fourth-order valence-electron chi connectivity index (χ4n) is 0.920. The number of hydrogen-bond donors (Lipinski definition) is 0. The van der Waals surface area contributed by atoms with Crippen molar-refractivity contribution in [3.63, 3.8) is 0 Å². The summed E-state index contributed by atoms with van der Waals surface area (Å²) in [6.45, 7) is 0. The van der Waals surface area contributed by atoms with Crippen LogP contribution in [0.15, 0.2) is 23.9 Å². The Balaban J connectivity index is 3.14. The summed E-state index contributed by atoms with van der Waals surface area (Å²) in [5, 5.41) is 19.8. The summed E-state index contributed by atoms with van der Waals surface area (Å²) in [7, 11) is 0. The SMILES string of the molecule is O=[N+]([O-])C1=CC(Cl)([N+](=O)[O-])C(Cl)C=C1. The average Bonchev–Trinajstić information content (AvgIpc) is 2.09. The van der Waals surface area contributed by atoms with E-state index >= 15 is 0 Å². The molecule has 0 radical (unpaired) electrons. The highest BCUT2D eigenvalue weighted by molar-refractivity contribution is 6.33. The standard InChI is InChI=1S/C6H4Cl2N2O4/c7-5-2-1-4(9(11)12)3-6(5,8)10(13)14/h1-3,5H.